The molecule has 28 heavy (non-hydrogen) atoms. The van der Waals surface area contributed by atoms with Gasteiger partial charge in [0.15, 0.2) is 0 Å². The minimum absolute atomic E-state index is 0.102. The zero-order valence-corrected chi connectivity index (χ0v) is 16.9. The third-order valence-corrected chi connectivity index (χ3v) is 5.32. The second kappa shape index (κ2) is 10.3. The van der Waals surface area contributed by atoms with Crippen LogP contribution < -0.4 is 10.6 Å². The maximum Gasteiger partial charge on any atom is 0.508 e. The summed E-state index contributed by atoms with van der Waals surface area (Å²) in [6, 6.07) is 0.203. The van der Waals surface area contributed by atoms with Gasteiger partial charge in [0.2, 0.25) is 11.8 Å². The van der Waals surface area contributed by atoms with E-state index in [0.29, 0.717) is 36.8 Å². The molecule has 2 saturated carbocycles. The summed E-state index contributed by atoms with van der Waals surface area (Å²) in [6.07, 6.45) is 4.93. The Morgan fingerprint density at radius 3 is 1.29 bits per heavy atom. The van der Waals surface area contributed by atoms with Crippen LogP contribution in [-0.4, -0.2) is 42.3 Å². The molecule has 7 nitrogen and oxygen atoms in total. The molecule has 0 atom stereocenters. The van der Waals surface area contributed by atoms with Crippen LogP contribution in [0.2, 0.25) is 0 Å². The van der Waals surface area contributed by atoms with Gasteiger partial charge in [0, 0.05) is 23.2 Å². The van der Waals surface area contributed by atoms with E-state index in [2.05, 4.69) is 23.8 Å². The van der Waals surface area contributed by atoms with Crippen molar-refractivity contribution in [3.8, 4) is 0 Å². The van der Waals surface area contributed by atoms with Crippen LogP contribution in [0.5, 0.6) is 0 Å². The first-order valence-electron chi connectivity index (χ1n) is 10.0. The van der Waals surface area contributed by atoms with Crippen LogP contribution in [0.25, 0.3) is 0 Å². The van der Waals surface area contributed by atoms with Crippen LogP contribution in [0, 0.1) is 0 Å². The average molecular weight is 392 g/mol. The van der Waals surface area contributed by atoms with E-state index in [4.69, 9.17) is 9.47 Å². The molecule has 2 amide bonds. The monoisotopic (exact) mass is 392 g/mol. The molecule has 0 aromatic carbocycles. The SMILES string of the molecule is C=C(C)C(=O)NC1CCC(OC(=O)OC2CCC(NC(=O)C(=C)C)CC2)CC1. The second-order valence-electron chi connectivity index (χ2n) is 7.94. The van der Waals surface area contributed by atoms with Gasteiger partial charge in [-0.1, -0.05) is 13.2 Å². The van der Waals surface area contributed by atoms with Gasteiger partial charge in [-0.3, -0.25) is 9.59 Å². The molecule has 0 heterocycles. The van der Waals surface area contributed by atoms with E-state index < -0.39 is 6.16 Å². The molecule has 0 radical (unpaired) electrons. The Labute approximate surface area is 166 Å². The van der Waals surface area contributed by atoms with Gasteiger partial charge >= 0.3 is 6.16 Å². The smallest absolute Gasteiger partial charge is 0.431 e. The Hall–Kier alpha value is -2.31. The molecule has 0 bridgehead atoms. The molecule has 2 N–H and O–H groups in total. The lowest BCUT2D eigenvalue weighted by Gasteiger charge is -2.31. The largest absolute Gasteiger partial charge is 0.508 e. The van der Waals surface area contributed by atoms with Gasteiger partial charge in [0.1, 0.15) is 12.2 Å². The van der Waals surface area contributed by atoms with Crippen molar-refractivity contribution in [2.45, 2.75) is 89.5 Å². The number of hydrogen-bond acceptors (Lipinski definition) is 5. The molecule has 7 heteroatoms. The van der Waals surface area contributed by atoms with Crippen molar-refractivity contribution in [3.63, 3.8) is 0 Å². The van der Waals surface area contributed by atoms with E-state index in [1.807, 2.05) is 0 Å². The highest BCUT2D eigenvalue weighted by molar-refractivity contribution is 5.92. The number of carbonyl (C=O) groups excluding carboxylic acids is 3. The number of rotatable bonds is 6. The number of hydrogen-bond donors (Lipinski definition) is 2. The lowest BCUT2D eigenvalue weighted by atomic mass is 9.92. The van der Waals surface area contributed by atoms with Crippen molar-refractivity contribution in [2.75, 3.05) is 0 Å². The lowest BCUT2D eigenvalue weighted by molar-refractivity contribution is -0.119. The van der Waals surface area contributed by atoms with E-state index in [9.17, 15) is 14.4 Å². The molecule has 0 aromatic heterocycles. The lowest BCUT2D eigenvalue weighted by Crippen LogP contribution is -2.41. The van der Waals surface area contributed by atoms with Crippen LogP contribution in [0.3, 0.4) is 0 Å². The molecule has 156 valence electrons. The fourth-order valence-electron chi connectivity index (χ4n) is 3.57. The van der Waals surface area contributed by atoms with Crippen LogP contribution >= 0.6 is 0 Å². The predicted molar refractivity (Wildman–Crippen MR) is 106 cm³/mol. The van der Waals surface area contributed by atoms with Crippen LogP contribution in [0.1, 0.15) is 65.2 Å². The van der Waals surface area contributed by atoms with Crippen molar-refractivity contribution >= 4 is 18.0 Å². The topological polar surface area (TPSA) is 93.7 Å². The van der Waals surface area contributed by atoms with E-state index in [1.54, 1.807) is 13.8 Å². The minimum Gasteiger partial charge on any atom is -0.431 e. The fraction of sp³-hybridized carbons (Fsp3) is 0.667. The van der Waals surface area contributed by atoms with Crippen molar-refractivity contribution in [1.29, 1.82) is 0 Å². The second-order valence-corrected chi connectivity index (χ2v) is 7.94. The first kappa shape index (κ1) is 22.0. The summed E-state index contributed by atoms with van der Waals surface area (Å²) in [6.45, 7) is 10.6. The van der Waals surface area contributed by atoms with Gasteiger partial charge in [0.05, 0.1) is 0 Å². The summed E-state index contributed by atoms with van der Waals surface area (Å²) < 4.78 is 10.9. The summed E-state index contributed by atoms with van der Waals surface area (Å²) in [5.41, 5.74) is 0.992. The maximum atomic E-state index is 12.1. The first-order valence-corrected chi connectivity index (χ1v) is 10.0. The summed E-state index contributed by atoms with van der Waals surface area (Å²) in [5.74, 6) is -0.252. The minimum atomic E-state index is -0.621. The van der Waals surface area contributed by atoms with Crippen molar-refractivity contribution in [2.24, 2.45) is 0 Å². The number of carbonyl (C=O) groups is 3. The Morgan fingerprint density at radius 2 is 1.00 bits per heavy atom. The van der Waals surface area contributed by atoms with E-state index in [1.165, 1.54) is 0 Å². The summed E-state index contributed by atoms with van der Waals surface area (Å²) >= 11 is 0. The standard InChI is InChI=1S/C21H32N2O5/c1-13(2)19(24)22-15-5-9-17(10-6-15)27-21(26)28-18-11-7-16(8-12-18)23-20(25)14(3)4/h15-18H,1,3,5-12H2,2,4H3,(H,22,24)(H,23,25). The van der Waals surface area contributed by atoms with Gasteiger partial charge < -0.3 is 20.1 Å². The highest BCUT2D eigenvalue weighted by Crippen LogP contribution is 2.25. The summed E-state index contributed by atoms with van der Waals surface area (Å²) in [5, 5.41) is 5.87. The molecule has 0 aliphatic heterocycles. The van der Waals surface area contributed by atoms with E-state index >= 15 is 0 Å². The van der Waals surface area contributed by atoms with Gasteiger partial charge in [0.25, 0.3) is 0 Å². The zero-order valence-electron chi connectivity index (χ0n) is 16.9. The number of amides is 2. The molecule has 2 fully saturated rings. The molecular weight excluding hydrogens is 360 g/mol. The quantitative estimate of drug-likeness (QED) is 0.535. The fourth-order valence-corrected chi connectivity index (χ4v) is 3.57. The van der Waals surface area contributed by atoms with E-state index in [0.717, 1.165) is 25.7 Å². The van der Waals surface area contributed by atoms with Crippen molar-refractivity contribution in [1.82, 2.24) is 10.6 Å². The van der Waals surface area contributed by atoms with Crippen molar-refractivity contribution < 1.29 is 23.9 Å². The highest BCUT2D eigenvalue weighted by Gasteiger charge is 2.29. The zero-order chi connectivity index (χ0) is 20.7. The van der Waals surface area contributed by atoms with Crippen molar-refractivity contribution in [3.05, 3.63) is 24.3 Å². The summed E-state index contributed by atoms with van der Waals surface area (Å²) in [7, 11) is 0. The molecule has 0 aromatic rings. The molecular formula is C21H32N2O5. The molecule has 2 rings (SSSR count). The molecule has 2 aliphatic carbocycles. The van der Waals surface area contributed by atoms with Gasteiger partial charge in [-0.15, -0.1) is 0 Å². The molecule has 0 spiro atoms. The normalized spacial score (nSPS) is 27.2. The Balaban J connectivity index is 1.63. The first-order chi connectivity index (χ1) is 13.2. The Kier molecular flexibility index (Phi) is 8.08. The predicted octanol–water partition coefficient (Wildman–Crippen LogP) is 3.15. The summed E-state index contributed by atoms with van der Waals surface area (Å²) in [4.78, 5) is 35.4. The van der Waals surface area contributed by atoms with Gasteiger partial charge in [-0.25, -0.2) is 4.79 Å². The Morgan fingerprint density at radius 1 is 0.679 bits per heavy atom. The third-order valence-electron chi connectivity index (χ3n) is 5.32. The van der Waals surface area contributed by atoms with Gasteiger partial charge in [-0.2, -0.15) is 0 Å². The number of nitrogens with one attached hydrogen (secondary N) is 2. The van der Waals surface area contributed by atoms with Crippen LogP contribution in [0.4, 0.5) is 4.79 Å². The molecule has 0 unspecified atom stereocenters. The maximum absolute atomic E-state index is 12.1. The van der Waals surface area contributed by atoms with E-state index in [-0.39, 0.29) is 36.1 Å². The average Bonchev–Trinajstić information content (AvgIpc) is 2.64. The molecule has 2 aliphatic rings. The van der Waals surface area contributed by atoms with Crippen LogP contribution in [-0.2, 0) is 19.1 Å². The van der Waals surface area contributed by atoms with Crippen LogP contribution in [0.15, 0.2) is 24.3 Å². The number of ether oxygens (including phenoxy) is 2. The third kappa shape index (κ3) is 7.02. The highest BCUT2D eigenvalue weighted by atomic mass is 16.7. The molecule has 0 saturated heterocycles. The van der Waals surface area contributed by atoms with Gasteiger partial charge in [-0.05, 0) is 65.2 Å². The Bertz CT molecular complexity index is 562.